The minimum Gasteiger partial charge on any atom is -0.390 e. The first-order chi connectivity index (χ1) is 10.7. The summed E-state index contributed by atoms with van der Waals surface area (Å²) in [7, 11) is -0.0587. The van der Waals surface area contributed by atoms with Crippen molar-refractivity contribution in [3.8, 4) is 0 Å². The van der Waals surface area contributed by atoms with E-state index in [0.717, 1.165) is 0 Å². The molecule has 0 amide bonds. The van der Waals surface area contributed by atoms with Crippen LogP contribution in [0.25, 0.3) is 0 Å². The van der Waals surface area contributed by atoms with Crippen LogP contribution in [-0.4, -0.2) is 61.1 Å². The van der Waals surface area contributed by atoms with Crippen molar-refractivity contribution in [2.75, 3.05) is 13.7 Å². The van der Waals surface area contributed by atoms with E-state index in [9.17, 15) is 57.1 Å². The highest BCUT2D eigenvalue weighted by Gasteiger charge is 2.87. The highest BCUT2D eigenvalue weighted by molar-refractivity contribution is 5.06. The van der Waals surface area contributed by atoms with Gasteiger partial charge in [0.15, 0.2) is 0 Å². The molecular formula is C9H7F13O3. The molecule has 0 aliphatic heterocycles. The number of rotatable bonds is 9. The van der Waals surface area contributed by atoms with E-state index in [-0.39, 0.29) is 7.11 Å². The van der Waals surface area contributed by atoms with Gasteiger partial charge in [-0.15, -0.1) is 0 Å². The molecule has 0 fully saturated rings. The predicted molar refractivity (Wildman–Crippen MR) is 49.8 cm³/mol. The molecule has 0 aromatic carbocycles. The Morgan fingerprint density at radius 1 is 0.760 bits per heavy atom. The third kappa shape index (κ3) is 3.74. The Hall–Kier alpha value is -1.03. The van der Waals surface area contributed by atoms with E-state index in [1.807, 2.05) is 4.74 Å². The minimum atomic E-state index is -7.68. The summed E-state index contributed by atoms with van der Waals surface area (Å²) < 4.78 is 171. The number of hydrogen-bond acceptors (Lipinski definition) is 3. The van der Waals surface area contributed by atoms with Crippen LogP contribution in [0.5, 0.6) is 0 Å². The van der Waals surface area contributed by atoms with E-state index in [1.54, 1.807) is 0 Å². The zero-order valence-corrected chi connectivity index (χ0v) is 11.5. The van der Waals surface area contributed by atoms with Crippen molar-refractivity contribution in [1.29, 1.82) is 0 Å². The van der Waals surface area contributed by atoms with Gasteiger partial charge in [-0.2, -0.15) is 52.7 Å². The standard InChI is InChI=1S/C9H7F13O3/c1-24-5(13,14)3(10)25-9(21,22)8(19,20)7(17,18)6(15,16)4(11,12)2-23/h3,23H,2H2,1H3. The first-order valence-corrected chi connectivity index (χ1v) is 5.50. The molecule has 0 heterocycles. The van der Waals surface area contributed by atoms with Crippen LogP contribution in [0.1, 0.15) is 0 Å². The Morgan fingerprint density at radius 3 is 1.48 bits per heavy atom. The lowest BCUT2D eigenvalue weighted by atomic mass is 9.98. The zero-order valence-electron chi connectivity index (χ0n) is 11.5. The lowest BCUT2D eigenvalue weighted by Gasteiger charge is -2.39. The van der Waals surface area contributed by atoms with Crippen molar-refractivity contribution in [1.82, 2.24) is 0 Å². The molecule has 1 N–H and O–H groups in total. The van der Waals surface area contributed by atoms with Gasteiger partial charge in [0.25, 0.3) is 6.36 Å². The Labute approximate surface area is 129 Å². The maximum absolute atomic E-state index is 13.0. The van der Waals surface area contributed by atoms with Crippen LogP contribution >= 0.6 is 0 Å². The van der Waals surface area contributed by atoms with Gasteiger partial charge in [-0.25, -0.2) is 4.39 Å². The second-order valence-electron chi connectivity index (χ2n) is 4.30. The first-order valence-electron chi connectivity index (χ1n) is 5.50. The highest BCUT2D eigenvalue weighted by atomic mass is 19.4. The van der Waals surface area contributed by atoms with Crippen LogP contribution in [0.15, 0.2) is 0 Å². The summed E-state index contributed by atoms with van der Waals surface area (Å²) in [6.07, 6.45) is -17.4. The van der Waals surface area contributed by atoms with Crippen molar-refractivity contribution in [3.63, 3.8) is 0 Å². The molecule has 0 aromatic rings. The number of methoxy groups -OCH3 is 1. The second kappa shape index (κ2) is 6.61. The second-order valence-corrected chi connectivity index (χ2v) is 4.30. The predicted octanol–water partition coefficient (Wildman–Crippen LogP) is 3.66. The Morgan fingerprint density at radius 2 is 1.16 bits per heavy atom. The number of alkyl halides is 13. The third-order valence-electron chi connectivity index (χ3n) is 2.60. The van der Waals surface area contributed by atoms with Gasteiger partial charge in [0, 0.05) is 7.11 Å². The highest BCUT2D eigenvalue weighted by Crippen LogP contribution is 2.57. The van der Waals surface area contributed by atoms with Gasteiger partial charge in [-0.1, -0.05) is 0 Å². The average molecular weight is 410 g/mol. The van der Waals surface area contributed by atoms with Crippen molar-refractivity contribution in [2.45, 2.75) is 42.3 Å². The molecule has 0 aromatic heterocycles. The first kappa shape index (κ1) is 24.0. The van der Waals surface area contributed by atoms with Gasteiger partial charge in [0.1, 0.15) is 6.61 Å². The van der Waals surface area contributed by atoms with Crippen molar-refractivity contribution < 1.29 is 71.7 Å². The summed E-state index contributed by atoms with van der Waals surface area (Å²) in [6, 6.07) is 0. The van der Waals surface area contributed by atoms with Gasteiger partial charge in [0.2, 0.25) is 0 Å². The lowest BCUT2D eigenvalue weighted by molar-refractivity contribution is -0.475. The third-order valence-corrected chi connectivity index (χ3v) is 2.60. The lowest BCUT2D eigenvalue weighted by Crippen LogP contribution is -2.68. The monoisotopic (exact) mass is 410 g/mol. The molecule has 0 saturated carbocycles. The number of aliphatic hydroxyl groups is 1. The fourth-order valence-corrected chi connectivity index (χ4v) is 1.07. The van der Waals surface area contributed by atoms with Crippen LogP contribution in [0.3, 0.4) is 0 Å². The van der Waals surface area contributed by atoms with Gasteiger partial charge in [-0.05, 0) is 0 Å². The van der Waals surface area contributed by atoms with Gasteiger partial charge >= 0.3 is 35.9 Å². The topological polar surface area (TPSA) is 38.7 Å². The molecule has 152 valence electrons. The van der Waals surface area contributed by atoms with E-state index in [1.165, 1.54) is 0 Å². The van der Waals surface area contributed by atoms with Gasteiger partial charge in [-0.3, -0.25) is 4.74 Å². The van der Waals surface area contributed by atoms with E-state index in [0.29, 0.717) is 0 Å². The van der Waals surface area contributed by atoms with Gasteiger partial charge in [0.05, 0.1) is 0 Å². The van der Waals surface area contributed by atoms with E-state index < -0.39 is 48.9 Å². The van der Waals surface area contributed by atoms with Crippen LogP contribution < -0.4 is 0 Å². The Balaban J connectivity index is 5.93. The molecule has 0 aliphatic carbocycles. The molecule has 3 nitrogen and oxygen atoms in total. The van der Waals surface area contributed by atoms with Crippen LogP contribution in [-0.2, 0) is 9.47 Å². The summed E-state index contributed by atoms with van der Waals surface area (Å²) in [5.41, 5.74) is 0. The normalized spacial score (nSPS) is 16.9. The number of halogens is 13. The molecule has 1 unspecified atom stereocenters. The van der Waals surface area contributed by atoms with Crippen molar-refractivity contribution in [3.05, 3.63) is 0 Å². The molecule has 0 saturated heterocycles. The summed E-state index contributed by atoms with van der Waals surface area (Å²) in [6.45, 7) is -3.18. The summed E-state index contributed by atoms with van der Waals surface area (Å²) in [5, 5.41) is 7.84. The molecule has 1 atom stereocenters. The number of hydrogen-bond donors (Lipinski definition) is 1. The molecule has 0 rings (SSSR count). The number of aliphatic hydroxyl groups excluding tert-OH is 1. The van der Waals surface area contributed by atoms with Gasteiger partial charge < -0.3 is 9.84 Å². The zero-order chi connectivity index (χ0) is 20.7. The molecule has 0 aliphatic rings. The molecule has 25 heavy (non-hydrogen) atoms. The fraction of sp³-hybridized carbons (Fsp3) is 1.00. The molecular weight excluding hydrogens is 403 g/mol. The summed E-state index contributed by atoms with van der Waals surface area (Å²) >= 11 is 0. The smallest absolute Gasteiger partial charge is 0.390 e. The number of ether oxygens (including phenoxy) is 2. The summed E-state index contributed by atoms with van der Waals surface area (Å²) in [5.74, 6) is -29.0. The largest absolute Gasteiger partial charge is 0.428 e. The Bertz CT molecular complexity index is 464. The molecule has 0 bridgehead atoms. The van der Waals surface area contributed by atoms with Crippen LogP contribution in [0, 0.1) is 0 Å². The average Bonchev–Trinajstić information content (AvgIpc) is 2.45. The van der Waals surface area contributed by atoms with E-state index >= 15 is 0 Å². The van der Waals surface area contributed by atoms with Crippen molar-refractivity contribution in [2.24, 2.45) is 0 Å². The molecule has 16 heteroatoms. The molecule has 0 spiro atoms. The Kier molecular flexibility index (Phi) is 6.33. The van der Waals surface area contributed by atoms with E-state index in [2.05, 4.69) is 4.74 Å². The summed E-state index contributed by atoms with van der Waals surface area (Å²) in [4.78, 5) is 0. The SMILES string of the molecule is COC(F)(F)C(F)OC(F)(F)C(F)(F)C(F)(F)C(F)(F)C(F)(F)CO. The van der Waals surface area contributed by atoms with Crippen molar-refractivity contribution >= 4 is 0 Å². The van der Waals surface area contributed by atoms with Crippen LogP contribution in [0.4, 0.5) is 57.1 Å². The van der Waals surface area contributed by atoms with Crippen LogP contribution in [0.2, 0.25) is 0 Å². The minimum absolute atomic E-state index is 0.0587. The maximum atomic E-state index is 13.0. The van der Waals surface area contributed by atoms with E-state index in [4.69, 9.17) is 5.11 Å². The quantitative estimate of drug-likeness (QED) is 0.590. The molecule has 0 radical (unpaired) electrons. The maximum Gasteiger partial charge on any atom is 0.428 e. The fourth-order valence-electron chi connectivity index (χ4n) is 1.07.